The molecule has 0 aromatic heterocycles. The predicted octanol–water partition coefficient (Wildman–Crippen LogP) is 2.75. The maximum Gasteiger partial charge on any atom is 0.221 e. The summed E-state index contributed by atoms with van der Waals surface area (Å²) in [7, 11) is 0. The average molecular weight is 270 g/mol. The highest BCUT2D eigenvalue weighted by Gasteiger charge is 2.00. The maximum absolute atomic E-state index is 10.9. The molecule has 1 amide bonds. The lowest BCUT2D eigenvalue weighted by Crippen LogP contribution is -2.06. The molecule has 0 radical (unpaired) electrons. The lowest BCUT2D eigenvalue weighted by molar-refractivity contribution is -0.114. The van der Waals surface area contributed by atoms with Crippen LogP contribution >= 0.6 is 0 Å². The zero-order valence-electron chi connectivity index (χ0n) is 11.4. The van der Waals surface area contributed by atoms with Gasteiger partial charge in [0, 0.05) is 30.4 Å². The van der Waals surface area contributed by atoms with Gasteiger partial charge < -0.3 is 15.7 Å². The Morgan fingerprint density at radius 1 is 1.10 bits per heavy atom. The van der Waals surface area contributed by atoms with Gasteiger partial charge in [0.25, 0.3) is 0 Å². The molecule has 0 saturated heterocycles. The van der Waals surface area contributed by atoms with E-state index in [0.29, 0.717) is 6.54 Å². The fourth-order valence-corrected chi connectivity index (χ4v) is 1.94. The molecule has 2 rings (SSSR count). The smallest absolute Gasteiger partial charge is 0.221 e. The number of nitrogens with one attached hydrogen (secondary N) is 2. The zero-order valence-corrected chi connectivity index (χ0v) is 11.4. The topological polar surface area (TPSA) is 61.4 Å². The number of amides is 1. The number of rotatable bonds is 5. The summed E-state index contributed by atoms with van der Waals surface area (Å²) in [5.41, 5.74) is 3.70. The van der Waals surface area contributed by atoms with Crippen molar-refractivity contribution in [3.8, 4) is 0 Å². The molecule has 2 aromatic rings. The van der Waals surface area contributed by atoms with E-state index in [0.717, 1.165) is 22.5 Å². The molecule has 20 heavy (non-hydrogen) atoms. The van der Waals surface area contributed by atoms with Crippen LogP contribution in [-0.2, 0) is 17.9 Å². The molecule has 4 heteroatoms. The minimum atomic E-state index is -0.0762. The lowest BCUT2D eigenvalue weighted by Gasteiger charge is -2.11. The van der Waals surface area contributed by atoms with Gasteiger partial charge in [-0.05, 0) is 23.8 Å². The van der Waals surface area contributed by atoms with E-state index < -0.39 is 0 Å². The molecule has 3 N–H and O–H groups in total. The van der Waals surface area contributed by atoms with Gasteiger partial charge in [-0.15, -0.1) is 0 Å². The van der Waals surface area contributed by atoms with Crippen LogP contribution in [0.2, 0.25) is 0 Å². The first-order valence-electron chi connectivity index (χ1n) is 6.48. The first kappa shape index (κ1) is 14.1. The van der Waals surface area contributed by atoms with Gasteiger partial charge in [0.05, 0.1) is 6.61 Å². The van der Waals surface area contributed by atoms with Crippen molar-refractivity contribution in [1.29, 1.82) is 0 Å². The molecule has 4 nitrogen and oxygen atoms in total. The second-order valence-electron chi connectivity index (χ2n) is 4.55. The minimum absolute atomic E-state index is 0.0185. The van der Waals surface area contributed by atoms with Gasteiger partial charge in [0.2, 0.25) is 5.91 Å². The van der Waals surface area contributed by atoms with E-state index in [-0.39, 0.29) is 12.5 Å². The number of hydrogen-bond donors (Lipinski definition) is 3. The van der Waals surface area contributed by atoms with Crippen molar-refractivity contribution in [3.05, 3.63) is 59.7 Å². The molecule has 0 aliphatic carbocycles. The summed E-state index contributed by atoms with van der Waals surface area (Å²) in [5, 5.41) is 15.3. The third kappa shape index (κ3) is 3.83. The monoisotopic (exact) mass is 270 g/mol. The minimum Gasteiger partial charge on any atom is -0.392 e. The molecule has 2 aromatic carbocycles. The quantitative estimate of drug-likeness (QED) is 0.783. The Morgan fingerprint density at radius 2 is 1.80 bits per heavy atom. The number of aliphatic hydroxyl groups is 1. The first-order chi connectivity index (χ1) is 9.69. The van der Waals surface area contributed by atoms with Crippen LogP contribution in [0.3, 0.4) is 0 Å². The van der Waals surface area contributed by atoms with Gasteiger partial charge in [-0.2, -0.15) is 0 Å². The molecule has 0 aliphatic rings. The van der Waals surface area contributed by atoms with Crippen LogP contribution in [0.5, 0.6) is 0 Å². The summed E-state index contributed by atoms with van der Waals surface area (Å²) in [6.45, 7) is 2.17. The molecule has 0 heterocycles. The number of para-hydroxylation sites is 1. The summed E-state index contributed by atoms with van der Waals surface area (Å²) < 4.78 is 0. The van der Waals surface area contributed by atoms with Crippen LogP contribution in [-0.4, -0.2) is 11.0 Å². The van der Waals surface area contributed by atoms with E-state index in [9.17, 15) is 9.90 Å². The van der Waals surface area contributed by atoms with Gasteiger partial charge in [0.1, 0.15) is 0 Å². The van der Waals surface area contributed by atoms with Gasteiger partial charge in [-0.1, -0.05) is 30.3 Å². The summed E-state index contributed by atoms with van der Waals surface area (Å²) >= 11 is 0. The molecule has 0 fully saturated rings. The van der Waals surface area contributed by atoms with Crippen molar-refractivity contribution in [2.45, 2.75) is 20.1 Å². The van der Waals surface area contributed by atoms with Crippen molar-refractivity contribution < 1.29 is 9.90 Å². The fraction of sp³-hybridized carbons (Fsp3) is 0.188. The van der Waals surface area contributed by atoms with Crippen LogP contribution in [0.25, 0.3) is 0 Å². The Hall–Kier alpha value is -2.33. The number of aliphatic hydroxyl groups excluding tert-OH is 1. The van der Waals surface area contributed by atoms with E-state index in [1.54, 1.807) is 0 Å². The summed E-state index contributed by atoms with van der Waals surface area (Å²) in [6, 6.07) is 15.3. The SMILES string of the molecule is CC(=O)Nc1ccc(CNc2ccccc2CO)cc1. The number of carbonyl (C=O) groups is 1. The summed E-state index contributed by atoms with van der Waals surface area (Å²) in [5.74, 6) is -0.0762. The maximum atomic E-state index is 10.9. The lowest BCUT2D eigenvalue weighted by atomic mass is 10.1. The van der Waals surface area contributed by atoms with E-state index in [4.69, 9.17) is 0 Å². The molecular formula is C16H18N2O2. The third-order valence-electron chi connectivity index (χ3n) is 2.94. The number of carbonyl (C=O) groups excluding carboxylic acids is 1. The Labute approximate surface area is 118 Å². The van der Waals surface area contributed by atoms with E-state index >= 15 is 0 Å². The molecule has 104 valence electrons. The van der Waals surface area contributed by atoms with Crippen molar-refractivity contribution in [2.75, 3.05) is 10.6 Å². The Morgan fingerprint density at radius 3 is 2.45 bits per heavy atom. The van der Waals surface area contributed by atoms with Gasteiger partial charge in [-0.3, -0.25) is 4.79 Å². The first-order valence-corrected chi connectivity index (χ1v) is 6.48. The van der Waals surface area contributed by atoms with E-state index in [1.807, 2.05) is 48.5 Å². The highest BCUT2D eigenvalue weighted by molar-refractivity contribution is 5.88. The van der Waals surface area contributed by atoms with Crippen LogP contribution in [0.15, 0.2) is 48.5 Å². The highest BCUT2D eigenvalue weighted by atomic mass is 16.3. The van der Waals surface area contributed by atoms with Crippen molar-refractivity contribution >= 4 is 17.3 Å². The van der Waals surface area contributed by atoms with Gasteiger partial charge in [0.15, 0.2) is 0 Å². The zero-order chi connectivity index (χ0) is 14.4. The fourth-order valence-electron chi connectivity index (χ4n) is 1.94. The van der Waals surface area contributed by atoms with Gasteiger partial charge in [-0.25, -0.2) is 0 Å². The van der Waals surface area contributed by atoms with Crippen LogP contribution in [0, 0.1) is 0 Å². The van der Waals surface area contributed by atoms with Gasteiger partial charge >= 0.3 is 0 Å². The van der Waals surface area contributed by atoms with Crippen LogP contribution in [0.4, 0.5) is 11.4 Å². The summed E-state index contributed by atoms with van der Waals surface area (Å²) in [4.78, 5) is 10.9. The molecule has 0 unspecified atom stereocenters. The second kappa shape index (κ2) is 6.73. The van der Waals surface area contributed by atoms with E-state index in [2.05, 4.69) is 10.6 Å². The predicted molar refractivity (Wildman–Crippen MR) is 80.4 cm³/mol. The average Bonchev–Trinajstić information content (AvgIpc) is 2.46. The largest absolute Gasteiger partial charge is 0.392 e. The van der Waals surface area contributed by atoms with Crippen LogP contribution < -0.4 is 10.6 Å². The molecule has 0 bridgehead atoms. The Bertz CT molecular complexity index is 579. The standard InChI is InChI=1S/C16H18N2O2/c1-12(20)18-15-8-6-13(7-9-15)10-17-16-5-3-2-4-14(16)11-19/h2-9,17,19H,10-11H2,1H3,(H,18,20). The number of anilines is 2. The van der Waals surface area contributed by atoms with Crippen molar-refractivity contribution in [2.24, 2.45) is 0 Å². The highest BCUT2D eigenvalue weighted by Crippen LogP contribution is 2.16. The number of hydrogen-bond acceptors (Lipinski definition) is 3. The number of benzene rings is 2. The van der Waals surface area contributed by atoms with E-state index in [1.165, 1.54) is 6.92 Å². The molecule has 0 atom stereocenters. The molecule has 0 spiro atoms. The second-order valence-corrected chi connectivity index (χ2v) is 4.55. The Kier molecular flexibility index (Phi) is 4.74. The molecular weight excluding hydrogens is 252 g/mol. The van der Waals surface area contributed by atoms with Crippen molar-refractivity contribution in [3.63, 3.8) is 0 Å². The molecule has 0 saturated carbocycles. The van der Waals surface area contributed by atoms with Crippen LogP contribution in [0.1, 0.15) is 18.1 Å². The Balaban J connectivity index is 1.98. The normalized spacial score (nSPS) is 10.1. The summed E-state index contributed by atoms with van der Waals surface area (Å²) in [6.07, 6.45) is 0. The third-order valence-corrected chi connectivity index (χ3v) is 2.94. The van der Waals surface area contributed by atoms with Crippen molar-refractivity contribution in [1.82, 2.24) is 0 Å². The molecule has 0 aliphatic heterocycles.